The van der Waals surface area contributed by atoms with E-state index in [1.54, 1.807) is 0 Å². The van der Waals surface area contributed by atoms with Gasteiger partial charge in [-0.2, -0.15) is 0 Å². The molecule has 0 N–H and O–H groups in total. The molecule has 0 aromatic carbocycles. The van der Waals surface area contributed by atoms with Crippen molar-refractivity contribution in [3.8, 4) is 0 Å². The maximum Gasteiger partial charge on any atom is 0.145 e. The van der Waals surface area contributed by atoms with Crippen LogP contribution in [0.1, 0.15) is 26.7 Å². The van der Waals surface area contributed by atoms with Gasteiger partial charge in [-0.25, -0.2) is 0 Å². The van der Waals surface area contributed by atoms with Gasteiger partial charge in [0.25, 0.3) is 0 Å². The van der Waals surface area contributed by atoms with Crippen molar-refractivity contribution in [2.75, 3.05) is 0 Å². The quantitative estimate of drug-likeness (QED) is 0.538. The normalized spacial score (nSPS) is 22.2. The van der Waals surface area contributed by atoms with E-state index in [0.717, 1.165) is 12.8 Å². The summed E-state index contributed by atoms with van der Waals surface area (Å²) in [5.74, 6) is 0.623. The molecule has 1 saturated carbocycles. The topological polar surface area (TPSA) is 17.1 Å². The Balaban J connectivity index is 2.53. The predicted octanol–water partition coefficient (Wildman–Crippen LogP) is 1.62. The Labute approximate surface area is 58.4 Å². The summed E-state index contributed by atoms with van der Waals surface area (Å²) >= 11 is 0. The molecule has 52 valence electrons. The van der Waals surface area contributed by atoms with Crippen LogP contribution in [0.25, 0.3) is 0 Å². The van der Waals surface area contributed by atoms with Crippen LogP contribution >= 0.6 is 9.24 Å². The highest BCUT2D eigenvalue weighted by Crippen LogP contribution is 2.46. The third-order valence-corrected chi connectivity index (χ3v) is 2.67. The predicted molar refractivity (Wildman–Crippen MR) is 41.5 cm³/mol. The Morgan fingerprint density at radius 3 is 2.11 bits per heavy atom. The molecule has 1 aliphatic carbocycles. The zero-order valence-electron chi connectivity index (χ0n) is 5.98. The van der Waals surface area contributed by atoms with Crippen LogP contribution in [0.5, 0.6) is 0 Å². The third kappa shape index (κ3) is 1.32. The average Bonchev–Trinajstić information content (AvgIpc) is 2.47. The van der Waals surface area contributed by atoms with Gasteiger partial charge in [0, 0.05) is 11.1 Å². The van der Waals surface area contributed by atoms with Gasteiger partial charge in [0.2, 0.25) is 0 Å². The standard InChI is InChI=1S/C7H13OP/c1-5(2)6(8)7(9)3-4-7/h5H,3-4,9H2,1-2H3. The number of Topliss-reactive ketones (excluding diaryl/α,β-unsaturated/α-hetero) is 1. The number of carbonyl (C=O) groups is 1. The van der Waals surface area contributed by atoms with Gasteiger partial charge in [0.1, 0.15) is 5.78 Å². The van der Waals surface area contributed by atoms with E-state index in [2.05, 4.69) is 9.24 Å². The van der Waals surface area contributed by atoms with E-state index in [-0.39, 0.29) is 11.1 Å². The molecule has 0 saturated heterocycles. The largest absolute Gasteiger partial charge is 0.298 e. The molecule has 1 nitrogen and oxygen atoms in total. The molecule has 1 atom stereocenters. The van der Waals surface area contributed by atoms with E-state index in [1.807, 2.05) is 13.8 Å². The van der Waals surface area contributed by atoms with Crippen molar-refractivity contribution in [2.24, 2.45) is 5.92 Å². The highest BCUT2D eigenvalue weighted by atomic mass is 31.0. The number of rotatable bonds is 2. The van der Waals surface area contributed by atoms with E-state index in [1.165, 1.54) is 0 Å². The Morgan fingerprint density at radius 1 is 1.56 bits per heavy atom. The lowest BCUT2D eigenvalue weighted by atomic mass is 10.1. The lowest BCUT2D eigenvalue weighted by molar-refractivity contribution is -0.122. The molecule has 0 aromatic heterocycles. The molecular weight excluding hydrogens is 131 g/mol. The van der Waals surface area contributed by atoms with E-state index >= 15 is 0 Å². The lowest BCUT2D eigenvalue weighted by Gasteiger charge is -2.08. The smallest absolute Gasteiger partial charge is 0.145 e. The second kappa shape index (κ2) is 2.05. The van der Waals surface area contributed by atoms with Crippen molar-refractivity contribution in [2.45, 2.75) is 31.8 Å². The molecule has 0 aliphatic heterocycles. The van der Waals surface area contributed by atoms with E-state index in [0.29, 0.717) is 5.78 Å². The van der Waals surface area contributed by atoms with Crippen LogP contribution in [-0.2, 0) is 4.79 Å². The van der Waals surface area contributed by atoms with Crippen LogP contribution in [-0.4, -0.2) is 10.9 Å². The Morgan fingerprint density at radius 2 is 2.00 bits per heavy atom. The van der Waals surface area contributed by atoms with E-state index in [4.69, 9.17) is 0 Å². The van der Waals surface area contributed by atoms with Crippen molar-refractivity contribution in [3.63, 3.8) is 0 Å². The number of ketones is 1. The maximum atomic E-state index is 11.2. The first-order valence-electron chi connectivity index (χ1n) is 3.39. The van der Waals surface area contributed by atoms with Crippen LogP contribution in [0, 0.1) is 5.92 Å². The van der Waals surface area contributed by atoms with Crippen LogP contribution in [0.4, 0.5) is 0 Å². The first kappa shape index (κ1) is 7.21. The second-order valence-electron chi connectivity index (χ2n) is 3.18. The van der Waals surface area contributed by atoms with Crippen LogP contribution in [0.2, 0.25) is 0 Å². The monoisotopic (exact) mass is 144 g/mol. The third-order valence-electron chi connectivity index (χ3n) is 1.80. The second-order valence-corrected chi connectivity index (χ2v) is 4.28. The Kier molecular flexibility index (Phi) is 1.65. The molecule has 0 aromatic rings. The molecule has 0 radical (unpaired) electrons. The minimum Gasteiger partial charge on any atom is -0.298 e. The fourth-order valence-electron chi connectivity index (χ4n) is 0.956. The molecule has 0 heterocycles. The lowest BCUT2D eigenvalue weighted by Crippen LogP contribution is -2.20. The van der Waals surface area contributed by atoms with Gasteiger partial charge in [0.15, 0.2) is 0 Å². The van der Waals surface area contributed by atoms with Crippen LogP contribution in [0.15, 0.2) is 0 Å². The van der Waals surface area contributed by atoms with Crippen LogP contribution < -0.4 is 0 Å². The first-order chi connectivity index (χ1) is 4.06. The highest BCUT2D eigenvalue weighted by molar-refractivity contribution is 7.21. The van der Waals surface area contributed by atoms with Gasteiger partial charge in [-0.15, -0.1) is 9.24 Å². The van der Waals surface area contributed by atoms with Crippen molar-refractivity contribution in [3.05, 3.63) is 0 Å². The van der Waals surface area contributed by atoms with Gasteiger partial charge in [0.05, 0.1) is 0 Å². The first-order valence-corrected chi connectivity index (χ1v) is 3.97. The minimum absolute atomic E-state index is 0.00810. The summed E-state index contributed by atoms with van der Waals surface area (Å²) in [5, 5.41) is 0.00810. The summed E-state index contributed by atoms with van der Waals surface area (Å²) in [6.07, 6.45) is 2.16. The zero-order valence-corrected chi connectivity index (χ0v) is 7.13. The molecule has 0 amide bonds. The fourth-order valence-corrected chi connectivity index (χ4v) is 1.43. The Bertz CT molecular complexity index is 136. The summed E-state index contributed by atoms with van der Waals surface area (Å²) in [6, 6.07) is 0. The van der Waals surface area contributed by atoms with Crippen molar-refractivity contribution < 1.29 is 4.79 Å². The van der Waals surface area contributed by atoms with Gasteiger partial charge < -0.3 is 0 Å². The molecule has 1 aliphatic rings. The SMILES string of the molecule is CC(C)C(=O)C1(P)CC1. The van der Waals surface area contributed by atoms with Crippen molar-refractivity contribution >= 4 is 15.0 Å². The van der Waals surface area contributed by atoms with Gasteiger partial charge >= 0.3 is 0 Å². The highest BCUT2D eigenvalue weighted by Gasteiger charge is 2.45. The number of carbonyl (C=O) groups excluding carboxylic acids is 1. The molecule has 2 heteroatoms. The molecule has 1 unspecified atom stereocenters. The summed E-state index contributed by atoms with van der Waals surface area (Å²) < 4.78 is 0. The van der Waals surface area contributed by atoms with Crippen molar-refractivity contribution in [1.29, 1.82) is 0 Å². The number of hydrogen-bond acceptors (Lipinski definition) is 1. The maximum absolute atomic E-state index is 11.2. The van der Waals surface area contributed by atoms with Crippen molar-refractivity contribution in [1.82, 2.24) is 0 Å². The molecule has 1 rings (SSSR count). The summed E-state index contributed by atoms with van der Waals surface area (Å²) in [6.45, 7) is 3.93. The molecule has 9 heavy (non-hydrogen) atoms. The van der Waals surface area contributed by atoms with Gasteiger partial charge in [-0.1, -0.05) is 13.8 Å². The fraction of sp³-hybridized carbons (Fsp3) is 0.857. The summed E-state index contributed by atoms with van der Waals surface area (Å²) in [7, 11) is 2.66. The molecule has 0 spiro atoms. The minimum atomic E-state index is 0.00810. The molecule has 1 fully saturated rings. The number of hydrogen-bond donors (Lipinski definition) is 0. The van der Waals surface area contributed by atoms with E-state index in [9.17, 15) is 4.79 Å². The van der Waals surface area contributed by atoms with E-state index < -0.39 is 0 Å². The van der Waals surface area contributed by atoms with Gasteiger partial charge in [-0.3, -0.25) is 4.79 Å². The average molecular weight is 144 g/mol. The Hall–Kier alpha value is 0.100. The summed E-state index contributed by atoms with van der Waals surface area (Å²) in [4.78, 5) is 11.2. The zero-order chi connectivity index (χ0) is 7.07. The summed E-state index contributed by atoms with van der Waals surface area (Å²) in [5.41, 5.74) is 0. The van der Waals surface area contributed by atoms with Gasteiger partial charge in [-0.05, 0) is 12.8 Å². The molecular formula is C7H13OP. The van der Waals surface area contributed by atoms with Crippen LogP contribution in [0.3, 0.4) is 0 Å². The molecule has 0 bridgehead atoms.